The number of aliphatic hydroxyl groups excluding tert-OH is 1. The summed E-state index contributed by atoms with van der Waals surface area (Å²) < 4.78 is 1.46. The first-order valence-electron chi connectivity index (χ1n) is 11.7. The Kier molecular flexibility index (Phi) is 7.99. The van der Waals surface area contributed by atoms with E-state index in [1.54, 1.807) is 24.3 Å². The van der Waals surface area contributed by atoms with Crippen LogP contribution in [0, 0.1) is 0 Å². The van der Waals surface area contributed by atoms with Gasteiger partial charge in [-0.2, -0.15) is 0 Å². The first-order valence-corrected chi connectivity index (χ1v) is 14.7. The maximum absolute atomic E-state index is 13.4. The lowest BCUT2D eigenvalue weighted by molar-refractivity contribution is -0.132. The maximum atomic E-state index is 13.4. The van der Waals surface area contributed by atoms with E-state index in [0.717, 1.165) is 22.0 Å². The second-order valence-corrected chi connectivity index (χ2v) is 12.0. The van der Waals surface area contributed by atoms with Crippen LogP contribution in [0.5, 0.6) is 0 Å². The fourth-order valence-corrected chi connectivity index (χ4v) is 6.57. The van der Waals surface area contributed by atoms with E-state index < -0.39 is 17.7 Å². The van der Waals surface area contributed by atoms with Crippen molar-refractivity contribution in [3.05, 3.63) is 110 Å². The number of rotatable bonds is 7. The van der Waals surface area contributed by atoms with Crippen molar-refractivity contribution in [2.24, 2.45) is 0 Å². The number of hydrogen-bond acceptors (Lipinski definition) is 7. The van der Waals surface area contributed by atoms with Crippen molar-refractivity contribution < 1.29 is 14.7 Å². The second-order valence-electron chi connectivity index (χ2n) is 8.50. The Labute approximate surface area is 241 Å². The lowest BCUT2D eigenvalue weighted by Crippen LogP contribution is -2.29. The monoisotopic (exact) mass is 625 g/mol. The van der Waals surface area contributed by atoms with Crippen LogP contribution >= 0.6 is 50.6 Å². The molecule has 1 amide bonds. The van der Waals surface area contributed by atoms with Gasteiger partial charge in [0, 0.05) is 20.8 Å². The quantitative estimate of drug-likeness (QED) is 0.0755. The van der Waals surface area contributed by atoms with Crippen LogP contribution in [0.4, 0.5) is 5.13 Å². The Hall–Kier alpha value is -2.98. The molecule has 0 radical (unpaired) electrons. The molecule has 192 valence electrons. The lowest BCUT2D eigenvalue weighted by atomic mass is 9.94. The van der Waals surface area contributed by atoms with Crippen LogP contribution in [-0.4, -0.2) is 27.0 Å². The predicted molar refractivity (Wildman–Crippen MR) is 156 cm³/mol. The van der Waals surface area contributed by atoms with E-state index in [-0.39, 0.29) is 16.5 Å². The van der Waals surface area contributed by atoms with Gasteiger partial charge in [0.15, 0.2) is 4.34 Å². The maximum Gasteiger partial charge on any atom is 0.301 e. The number of Topliss-reactive ketones (excluding diaryl/α,β-unsaturated/α-hetero) is 1. The van der Waals surface area contributed by atoms with Gasteiger partial charge in [-0.1, -0.05) is 112 Å². The van der Waals surface area contributed by atoms with E-state index in [9.17, 15) is 14.7 Å². The zero-order valence-corrected chi connectivity index (χ0v) is 24.1. The molecule has 38 heavy (non-hydrogen) atoms. The molecule has 1 saturated heterocycles. The molecule has 1 aliphatic heterocycles. The Morgan fingerprint density at radius 3 is 2.45 bits per heavy atom. The van der Waals surface area contributed by atoms with Gasteiger partial charge in [-0.3, -0.25) is 14.5 Å². The highest BCUT2D eigenvalue weighted by atomic mass is 79.9. The van der Waals surface area contributed by atoms with Gasteiger partial charge < -0.3 is 5.11 Å². The van der Waals surface area contributed by atoms with Gasteiger partial charge in [0.05, 0.1) is 11.6 Å². The Morgan fingerprint density at radius 1 is 1.05 bits per heavy atom. The smallest absolute Gasteiger partial charge is 0.301 e. The third-order valence-corrected chi connectivity index (χ3v) is 9.18. The highest BCUT2D eigenvalue weighted by Gasteiger charge is 2.48. The number of aryl methyl sites for hydroxylation is 1. The first-order chi connectivity index (χ1) is 18.4. The zero-order valence-electron chi connectivity index (χ0n) is 20.1. The topological polar surface area (TPSA) is 83.4 Å². The number of aliphatic hydroxyl groups is 1. The van der Waals surface area contributed by atoms with Crippen molar-refractivity contribution in [3.63, 3.8) is 0 Å². The van der Waals surface area contributed by atoms with E-state index in [2.05, 4.69) is 33.1 Å². The lowest BCUT2D eigenvalue weighted by Gasteiger charge is -2.22. The summed E-state index contributed by atoms with van der Waals surface area (Å²) in [6, 6.07) is 21.3. The predicted octanol–water partition coefficient (Wildman–Crippen LogP) is 7.44. The molecule has 0 aliphatic carbocycles. The Balaban J connectivity index is 1.54. The molecule has 0 saturated carbocycles. The number of aromatic nitrogens is 2. The highest BCUT2D eigenvalue weighted by molar-refractivity contribution is 9.10. The summed E-state index contributed by atoms with van der Waals surface area (Å²) in [7, 11) is 0. The summed E-state index contributed by atoms with van der Waals surface area (Å²) in [5, 5.41) is 20.7. The molecule has 1 fully saturated rings. The third kappa shape index (κ3) is 5.29. The highest BCUT2D eigenvalue weighted by Crippen LogP contribution is 2.44. The number of carbonyl (C=O) groups excluding carboxylic acids is 2. The number of halogens is 2. The van der Waals surface area contributed by atoms with Gasteiger partial charge in [-0.15, -0.1) is 10.2 Å². The van der Waals surface area contributed by atoms with Crippen LogP contribution in [0.2, 0.25) is 5.02 Å². The number of thioether (sulfide) groups is 1. The third-order valence-electron chi connectivity index (χ3n) is 6.18. The number of amides is 1. The fourth-order valence-electron chi connectivity index (χ4n) is 4.16. The second kappa shape index (κ2) is 11.4. The first kappa shape index (κ1) is 26.6. The van der Waals surface area contributed by atoms with Gasteiger partial charge >= 0.3 is 5.91 Å². The Bertz CT molecular complexity index is 1540. The molecule has 1 aliphatic rings. The molecule has 0 spiro atoms. The minimum Gasteiger partial charge on any atom is -0.507 e. The normalized spacial score (nSPS) is 16.8. The van der Waals surface area contributed by atoms with Crippen LogP contribution in [-0.2, 0) is 21.8 Å². The van der Waals surface area contributed by atoms with Gasteiger partial charge in [0.25, 0.3) is 5.78 Å². The molecule has 3 aromatic carbocycles. The summed E-state index contributed by atoms with van der Waals surface area (Å²) in [4.78, 5) is 28.1. The van der Waals surface area contributed by atoms with Crippen molar-refractivity contribution in [2.75, 3.05) is 4.90 Å². The SMILES string of the molecule is CCc1ccc(C2/C(=C(/O)c3ccc(Br)cc3)C(=O)C(=O)N2c2nnc(SCc3ccccc3Cl)s2)cc1. The van der Waals surface area contributed by atoms with Crippen molar-refractivity contribution in [1.82, 2.24) is 10.2 Å². The van der Waals surface area contributed by atoms with E-state index in [1.807, 2.05) is 48.5 Å². The van der Waals surface area contributed by atoms with Gasteiger partial charge in [-0.25, -0.2) is 0 Å². The number of anilines is 1. The number of ketones is 1. The summed E-state index contributed by atoms with van der Waals surface area (Å²) in [5.74, 6) is -1.18. The van der Waals surface area contributed by atoms with Crippen molar-refractivity contribution in [3.8, 4) is 0 Å². The minimum absolute atomic E-state index is 0.0158. The number of carbonyl (C=O) groups is 2. The van der Waals surface area contributed by atoms with Gasteiger partial charge in [0.2, 0.25) is 5.13 Å². The van der Waals surface area contributed by atoms with Crippen LogP contribution in [0.25, 0.3) is 5.76 Å². The Morgan fingerprint density at radius 2 is 1.76 bits per heavy atom. The number of hydrogen-bond donors (Lipinski definition) is 1. The van der Waals surface area contributed by atoms with Crippen LogP contribution < -0.4 is 4.90 Å². The van der Waals surface area contributed by atoms with Crippen LogP contribution in [0.15, 0.2) is 87.2 Å². The molecule has 1 N–H and O–H groups in total. The molecular formula is C28H21BrClN3O3S2. The van der Waals surface area contributed by atoms with Crippen LogP contribution in [0.3, 0.4) is 0 Å². The molecule has 2 heterocycles. The molecule has 5 rings (SSSR count). The van der Waals surface area contributed by atoms with Gasteiger partial charge in [0.1, 0.15) is 5.76 Å². The van der Waals surface area contributed by atoms with E-state index >= 15 is 0 Å². The molecule has 4 aromatic rings. The van der Waals surface area contributed by atoms with Crippen LogP contribution in [0.1, 0.15) is 35.2 Å². The minimum atomic E-state index is -0.848. The summed E-state index contributed by atoms with van der Waals surface area (Å²) in [6.45, 7) is 2.05. The van der Waals surface area contributed by atoms with Crippen molar-refractivity contribution >= 4 is 73.2 Å². The van der Waals surface area contributed by atoms with E-state index in [1.165, 1.54) is 28.0 Å². The van der Waals surface area contributed by atoms with Crippen molar-refractivity contribution in [2.45, 2.75) is 29.5 Å². The summed E-state index contributed by atoms with van der Waals surface area (Å²) in [6.07, 6.45) is 0.849. The molecule has 0 bridgehead atoms. The molecule has 1 aromatic heterocycles. The molecule has 10 heteroatoms. The van der Waals surface area contributed by atoms with Crippen molar-refractivity contribution in [1.29, 1.82) is 0 Å². The zero-order chi connectivity index (χ0) is 26.8. The summed E-state index contributed by atoms with van der Waals surface area (Å²) in [5.41, 5.74) is 3.23. The molecular weight excluding hydrogens is 606 g/mol. The largest absolute Gasteiger partial charge is 0.507 e. The van der Waals surface area contributed by atoms with E-state index in [0.29, 0.717) is 26.2 Å². The number of nitrogens with zero attached hydrogens (tertiary/aromatic N) is 3. The number of benzene rings is 3. The average Bonchev–Trinajstić information content (AvgIpc) is 3.50. The standard InChI is InChI=1S/C28H21BrClN3O3S2/c1-2-16-7-9-17(10-8-16)23-22(24(34)18-11-13-20(29)14-12-18)25(35)26(36)33(23)27-31-32-28(38-27)37-15-19-5-3-4-6-21(19)30/h3-14,23,34H,2,15H2,1H3/b24-22-. The fraction of sp³-hybridized carbons (Fsp3) is 0.143. The average molecular weight is 627 g/mol. The summed E-state index contributed by atoms with van der Waals surface area (Å²) >= 11 is 12.3. The van der Waals surface area contributed by atoms with Gasteiger partial charge in [-0.05, 0) is 41.3 Å². The van der Waals surface area contributed by atoms with E-state index in [4.69, 9.17) is 11.6 Å². The molecule has 1 atom stereocenters. The molecule has 1 unspecified atom stereocenters. The molecule has 6 nitrogen and oxygen atoms in total.